The van der Waals surface area contributed by atoms with Crippen molar-refractivity contribution in [3.63, 3.8) is 0 Å². The number of amides is 1. The maximum Gasteiger partial charge on any atom is 0.404 e. The van der Waals surface area contributed by atoms with Gasteiger partial charge in [-0.25, -0.2) is 4.79 Å². The number of aliphatic hydroxyl groups is 1. The van der Waals surface area contributed by atoms with Crippen LogP contribution in [0.25, 0.3) is 0 Å². The molecule has 6 nitrogen and oxygen atoms in total. The van der Waals surface area contributed by atoms with Crippen molar-refractivity contribution in [1.82, 2.24) is 0 Å². The Morgan fingerprint density at radius 1 is 1.53 bits per heavy atom. The molecule has 0 fully saturated rings. The van der Waals surface area contributed by atoms with Crippen LogP contribution in [0, 0.1) is 0 Å². The van der Waals surface area contributed by atoms with Gasteiger partial charge in [-0.05, 0) is 12.1 Å². The van der Waals surface area contributed by atoms with Crippen LogP contribution < -0.4 is 15.2 Å². The second-order valence-electron chi connectivity index (χ2n) is 2.73. The van der Waals surface area contributed by atoms with E-state index in [0.29, 0.717) is 0 Å². The molecule has 1 atom stereocenters. The van der Waals surface area contributed by atoms with Crippen LogP contribution in [-0.2, 0) is 4.74 Å². The molecule has 1 aromatic rings. The Hall–Kier alpha value is -1.95. The standard InChI is InChI=1S/C11H15NO5/c1-15-9-4-2-3-5-10(9)16-6-8(13)7-17-11(12)14/h2-5,8,13H,6-7H2,1H3,(H2,12,14)/i6D2,7D2,8D. The summed E-state index contributed by atoms with van der Waals surface area (Å²) in [6.45, 7) is -6.77. The lowest BCUT2D eigenvalue weighted by Crippen LogP contribution is -2.27. The first kappa shape index (κ1) is 7.39. The van der Waals surface area contributed by atoms with Crippen LogP contribution in [0.2, 0.25) is 0 Å². The van der Waals surface area contributed by atoms with Gasteiger partial charge in [-0.2, -0.15) is 0 Å². The minimum atomic E-state index is -3.62. The smallest absolute Gasteiger partial charge is 0.404 e. The molecule has 0 aliphatic heterocycles. The Kier molecular flexibility index (Phi) is 2.87. The summed E-state index contributed by atoms with van der Waals surface area (Å²) < 4.78 is 51.2. The Bertz CT molecular complexity index is 551. The third-order valence-electron chi connectivity index (χ3n) is 1.58. The number of benzene rings is 1. The lowest BCUT2D eigenvalue weighted by molar-refractivity contribution is 0.0413. The zero-order valence-corrected chi connectivity index (χ0v) is 8.97. The van der Waals surface area contributed by atoms with E-state index in [1.165, 1.54) is 25.3 Å². The van der Waals surface area contributed by atoms with E-state index in [4.69, 9.17) is 16.3 Å². The Morgan fingerprint density at radius 2 is 2.18 bits per heavy atom. The fourth-order valence-corrected chi connectivity index (χ4v) is 0.926. The van der Waals surface area contributed by atoms with Gasteiger partial charge in [0, 0.05) is 0 Å². The molecule has 0 saturated heterocycles. The molecule has 0 saturated carbocycles. The van der Waals surface area contributed by atoms with E-state index in [-0.39, 0.29) is 11.5 Å². The van der Waals surface area contributed by atoms with Crippen molar-refractivity contribution < 1.29 is 31.0 Å². The summed E-state index contributed by atoms with van der Waals surface area (Å²) >= 11 is 0. The highest BCUT2D eigenvalue weighted by Gasteiger charge is 2.09. The monoisotopic (exact) mass is 246 g/mol. The summed E-state index contributed by atoms with van der Waals surface area (Å²) in [7, 11) is 1.29. The SMILES string of the molecule is [2H]C([2H])(OC(N)=O)C([2H])(O)C([2H])([2H])Oc1ccccc1OC. The Balaban J connectivity index is 3.13. The Morgan fingerprint density at radius 3 is 2.76 bits per heavy atom. The highest BCUT2D eigenvalue weighted by molar-refractivity contribution is 5.64. The van der Waals surface area contributed by atoms with Crippen molar-refractivity contribution in [2.45, 2.75) is 6.08 Å². The molecule has 17 heavy (non-hydrogen) atoms. The number of carbonyl (C=O) groups is 1. The second-order valence-corrected chi connectivity index (χ2v) is 2.73. The van der Waals surface area contributed by atoms with Crippen LogP contribution >= 0.6 is 0 Å². The summed E-state index contributed by atoms with van der Waals surface area (Å²) in [5, 5.41) is 9.86. The zero-order valence-electron chi connectivity index (χ0n) is 14.0. The molecule has 3 N–H and O–H groups in total. The summed E-state index contributed by atoms with van der Waals surface area (Å²) in [4.78, 5) is 10.6. The van der Waals surface area contributed by atoms with Crippen LogP contribution in [0.4, 0.5) is 4.79 Å². The van der Waals surface area contributed by atoms with Gasteiger partial charge in [-0.15, -0.1) is 0 Å². The van der Waals surface area contributed by atoms with Crippen LogP contribution in [0.5, 0.6) is 11.5 Å². The third kappa shape index (κ3) is 4.60. The van der Waals surface area contributed by atoms with Gasteiger partial charge in [0.2, 0.25) is 0 Å². The van der Waals surface area contributed by atoms with E-state index in [1.54, 1.807) is 6.07 Å². The third-order valence-corrected chi connectivity index (χ3v) is 1.58. The molecule has 0 radical (unpaired) electrons. The molecule has 0 heterocycles. The Labute approximate surface area is 106 Å². The first-order valence-electron chi connectivity index (χ1n) is 6.97. The van der Waals surface area contributed by atoms with Gasteiger partial charge < -0.3 is 25.1 Å². The first-order valence-corrected chi connectivity index (χ1v) is 4.47. The van der Waals surface area contributed by atoms with Gasteiger partial charge in [0.05, 0.1) is 14.0 Å². The molecule has 0 aliphatic rings. The number of carbonyl (C=O) groups excluding carboxylic acids is 1. The summed E-state index contributed by atoms with van der Waals surface area (Å²) in [5.41, 5.74) is 4.64. The lowest BCUT2D eigenvalue weighted by Gasteiger charge is -2.13. The molecular formula is C11H15NO5. The number of para-hydroxylation sites is 2. The van der Waals surface area contributed by atoms with Crippen molar-refractivity contribution in [3.05, 3.63) is 24.3 Å². The van der Waals surface area contributed by atoms with E-state index in [1.807, 2.05) is 0 Å². The number of primary amides is 1. The fourth-order valence-electron chi connectivity index (χ4n) is 0.926. The molecule has 94 valence electrons. The molecule has 1 amide bonds. The van der Waals surface area contributed by atoms with Crippen molar-refractivity contribution >= 4 is 6.09 Å². The molecule has 1 unspecified atom stereocenters. The van der Waals surface area contributed by atoms with Gasteiger partial charge in [-0.1, -0.05) is 12.1 Å². The highest BCUT2D eigenvalue weighted by atomic mass is 16.6. The number of methoxy groups -OCH3 is 1. The molecule has 1 aromatic carbocycles. The number of rotatable bonds is 6. The topological polar surface area (TPSA) is 91.0 Å². The van der Waals surface area contributed by atoms with Gasteiger partial charge in [0.15, 0.2) is 11.5 Å². The van der Waals surface area contributed by atoms with Crippen molar-refractivity contribution in [1.29, 1.82) is 0 Å². The summed E-state index contributed by atoms with van der Waals surface area (Å²) in [6.07, 6.45) is -5.24. The molecular weight excluding hydrogens is 226 g/mol. The molecule has 0 spiro atoms. The minimum absolute atomic E-state index is 0.0959. The van der Waals surface area contributed by atoms with E-state index in [0.717, 1.165) is 0 Å². The highest BCUT2D eigenvalue weighted by Crippen LogP contribution is 2.25. The summed E-state index contributed by atoms with van der Waals surface area (Å²) in [6, 6.07) is 5.77. The molecule has 0 bridgehead atoms. The van der Waals surface area contributed by atoms with Gasteiger partial charge in [0.25, 0.3) is 0 Å². The second kappa shape index (κ2) is 6.59. The predicted molar refractivity (Wildman–Crippen MR) is 60.0 cm³/mol. The van der Waals surface area contributed by atoms with Crippen LogP contribution in [-0.4, -0.2) is 37.5 Å². The van der Waals surface area contributed by atoms with Crippen LogP contribution in [0.15, 0.2) is 24.3 Å². The number of ether oxygens (including phenoxy) is 3. The van der Waals surface area contributed by atoms with Crippen molar-refractivity contribution in [2.24, 2.45) is 5.73 Å². The molecule has 0 aliphatic carbocycles. The van der Waals surface area contributed by atoms with E-state index in [2.05, 4.69) is 10.5 Å². The van der Waals surface area contributed by atoms with Gasteiger partial charge >= 0.3 is 6.09 Å². The van der Waals surface area contributed by atoms with Gasteiger partial charge in [-0.3, -0.25) is 0 Å². The molecule has 6 heteroatoms. The van der Waals surface area contributed by atoms with E-state index in [9.17, 15) is 9.90 Å². The van der Waals surface area contributed by atoms with E-state index >= 15 is 0 Å². The maximum atomic E-state index is 10.6. The van der Waals surface area contributed by atoms with Crippen LogP contribution in [0.1, 0.15) is 6.85 Å². The van der Waals surface area contributed by atoms with Crippen molar-refractivity contribution in [2.75, 3.05) is 20.2 Å². The number of nitrogens with two attached hydrogens (primary N) is 1. The quantitative estimate of drug-likeness (QED) is 0.764. The first-order chi connectivity index (χ1) is 9.94. The average molecular weight is 246 g/mol. The molecule has 0 aromatic heterocycles. The largest absolute Gasteiger partial charge is 0.493 e. The lowest BCUT2D eigenvalue weighted by atomic mass is 10.3. The fraction of sp³-hybridized carbons (Fsp3) is 0.364. The van der Waals surface area contributed by atoms with Crippen molar-refractivity contribution in [3.8, 4) is 11.5 Å². The normalized spacial score (nSPS) is 19.5. The minimum Gasteiger partial charge on any atom is -0.493 e. The molecule has 1 rings (SSSR count). The predicted octanol–water partition coefficient (Wildman–Crippen LogP) is 0.530. The number of hydrogen-bond acceptors (Lipinski definition) is 5. The number of hydrogen-bond donors (Lipinski definition) is 2. The zero-order chi connectivity index (χ0) is 17.2. The van der Waals surface area contributed by atoms with E-state index < -0.39 is 25.3 Å². The summed E-state index contributed by atoms with van der Waals surface area (Å²) in [5.74, 6) is -0.0888. The average Bonchev–Trinajstić information content (AvgIpc) is 2.37. The maximum absolute atomic E-state index is 10.6. The van der Waals surface area contributed by atoms with Gasteiger partial charge in [0.1, 0.15) is 19.2 Å². The van der Waals surface area contributed by atoms with Crippen LogP contribution in [0.3, 0.4) is 0 Å².